The molecule has 0 nitrogen and oxygen atoms in total. The normalized spacial score (nSPS) is 49.6. The van der Waals surface area contributed by atoms with Gasteiger partial charge in [0.15, 0.2) is 0 Å². The Balaban J connectivity index is 2.27. The second kappa shape index (κ2) is 2.07. The van der Waals surface area contributed by atoms with Crippen molar-refractivity contribution in [3.05, 3.63) is 0 Å². The van der Waals surface area contributed by atoms with Gasteiger partial charge >= 0.3 is 0 Å². The Morgan fingerprint density at radius 1 is 1.11 bits per heavy atom. The van der Waals surface area contributed by atoms with Gasteiger partial charge in [-0.1, -0.05) is 11.8 Å². The molecule has 2 rings (SSSR count). The second-order valence-corrected chi connectivity index (χ2v) is 9.05. The van der Waals surface area contributed by atoms with Crippen LogP contribution < -0.4 is 0 Å². The summed E-state index contributed by atoms with van der Waals surface area (Å²) in [5.74, 6) is 0. The smallest absolute Gasteiger partial charge is 0.0118 e. The Bertz CT molecular complexity index is 150. The van der Waals surface area contributed by atoms with Gasteiger partial charge in [0.2, 0.25) is 0 Å². The molecule has 0 N–H and O–H groups in total. The van der Waals surface area contributed by atoms with Crippen LogP contribution in [0.4, 0.5) is 0 Å². The van der Waals surface area contributed by atoms with Crippen molar-refractivity contribution in [2.75, 3.05) is 12.3 Å². The Hall–Kier alpha value is 0.650. The van der Waals surface area contributed by atoms with Crippen LogP contribution in [0.15, 0.2) is 0 Å². The first-order valence-corrected chi connectivity index (χ1v) is 7.13. The summed E-state index contributed by atoms with van der Waals surface area (Å²) in [6.07, 6.45) is 8.79. The highest BCUT2D eigenvalue weighted by Crippen LogP contribution is 2.64. The van der Waals surface area contributed by atoms with Crippen LogP contribution in [0.2, 0.25) is 0 Å². The molecule has 52 valence electrons. The van der Waals surface area contributed by atoms with Crippen LogP contribution in [0.25, 0.3) is 0 Å². The van der Waals surface area contributed by atoms with E-state index in [9.17, 15) is 0 Å². The van der Waals surface area contributed by atoms with Gasteiger partial charge in [-0.2, -0.15) is 0 Å². The van der Waals surface area contributed by atoms with Gasteiger partial charge in [0, 0.05) is 0 Å². The van der Waals surface area contributed by atoms with Crippen molar-refractivity contribution >= 4 is 17.8 Å². The monoisotopic (exact) mass is 160 g/mol. The summed E-state index contributed by atoms with van der Waals surface area (Å²) in [7, 11) is 0. The first-order chi connectivity index (χ1) is 4.31. The minimum atomic E-state index is -0.698. The predicted molar refractivity (Wildman–Crippen MR) is 46.3 cm³/mol. The zero-order chi connectivity index (χ0) is 6.32. The molecule has 0 aromatic rings. The lowest BCUT2D eigenvalue weighted by molar-refractivity contribution is 0.724. The molecule has 0 aliphatic carbocycles. The lowest BCUT2D eigenvalue weighted by Crippen LogP contribution is -1.92. The third-order valence-electron chi connectivity index (χ3n) is 2.81. The van der Waals surface area contributed by atoms with Crippen LogP contribution in [0.1, 0.15) is 25.7 Å². The molecule has 0 bridgehead atoms. The van der Waals surface area contributed by atoms with Crippen molar-refractivity contribution in [2.45, 2.75) is 31.3 Å². The molecule has 0 aromatic carbocycles. The molecule has 2 heterocycles. The van der Waals surface area contributed by atoms with E-state index < -0.39 is 6.04 Å². The molecule has 0 spiro atoms. The molecule has 0 atom stereocenters. The minimum absolute atomic E-state index is 0.698. The van der Waals surface area contributed by atoms with E-state index in [4.69, 9.17) is 11.8 Å². The van der Waals surface area contributed by atoms with Crippen molar-refractivity contribution in [1.82, 2.24) is 0 Å². The Kier molecular flexibility index (Phi) is 1.46. The number of rotatable bonds is 0. The molecule has 2 saturated heterocycles. The fourth-order valence-electron chi connectivity index (χ4n) is 2.28. The summed E-state index contributed by atoms with van der Waals surface area (Å²) < 4.78 is 0. The third kappa shape index (κ3) is 0.897. The molecule has 0 unspecified atom stereocenters. The molecule has 0 saturated carbocycles. The molecule has 2 aliphatic rings. The highest BCUT2D eigenvalue weighted by Gasteiger charge is 2.36. The van der Waals surface area contributed by atoms with Gasteiger partial charge in [-0.05, 0) is 49.7 Å². The SMILES string of the molecule is S=P12CCCC1CCC2. The van der Waals surface area contributed by atoms with E-state index in [-0.39, 0.29) is 0 Å². The first-order valence-electron chi connectivity index (χ1n) is 3.89. The van der Waals surface area contributed by atoms with Crippen molar-refractivity contribution in [3.63, 3.8) is 0 Å². The summed E-state index contributed by atoms with van der Waals surface area (Å²) in [4.78, 5) is 0. The molecule has 2 fully saturated rings. The largest absolute Gasteiger partial charge is 0.0972 e. The zero-order valence-electron chi connectivity index (χ0n) is 5.68. The summed E-state index contributed by atoms with van der Waals surface area (Å²) >= 11 is 5.66. The molecule has 9 heavy (non-hydrogen) atoms. The lowest BCUT2D eigenvalue weighted by Gasteiger charge is -2.12. The van der Waals surface area contributed by atoms with Crippen molar-refractivity contribution in [3.8, 4) is 0 Å². The number of fused-ring (bicyclic) bond motifs is 1. The van der Waals surface area contributed by atoms with E-state index in [0.717, 1.165) is 5.66 Å². The Morgan fingerprint density at radius 2 is 1.67 bits per heavy atom. The average molecular weight is 160 g/mol. The van der Waals surface area contributed by atoms with Crippen LogP contribution in [0.5, 0.6) is 0 Å². The van der Waals surface area contributed by atoms with Gasteiger partial charge in [-0.25, -0.2) is 0 Å². The van der Waals surface area contributed by atoms with Gasteiger partial charge in [0.1, 0.15) is 0 Å². The molecule has 0 amide bonds. The van der Waals surface area contributed by atoms with Crippen molar-refractivity contribution in [1.29, 1.82) is 0 Å². The summed E-state index contributed by atoms with van der Waals surface area (Å²) in [6, 6.07) is -0.698. The molecular weight excluding hydrogens is 147 g/mol. The van der Waals surface area contributed by atoms with Crippen LogP contribution >= 0.6 is 6.04 Å². The fraction of sp³-hybridized carbons (Fsp3) is 1.00. The predicted octanol–water partition coefficient (Wildman–Crippen LogP) is 2.42. The quantitative estimate of drug-likeness (QED) is 0.490. The summed E-state index contributed by atoms with van der Waals surface area (Å²) in [5.41, 5.74) is 1.05. The third-order valence-corrected chi connectivity index (χ3v) is 8.80. The molecule has 0 radical (unpaired) electrons. The van der Waals surface area contributed by atoms with E-state index in [2.05, 4.69) is 0 Å². The topological polar surface area (TPSA) is 0 Å². The van der Waals surface area contributed by atoms with E-state index in [1.54, 1.807) is 0 Å². The molecule has 0 aromatic heterocycles. The second-order valence-electron chi connectivity index (χ2n) is 3.34. The van der Waals surface area contributed by atoms with E-state index >= 15 is 0 Å². The summed E-state index contributed by atoms with van der Waals surface area (Å²) in [6.45, 7) is 0. The van der Waals surface area contributed by atoms with E-state index in [0.29, 0.717) is 0 Å². The fourth-order valence-corrected chi connectivity index (χ4v) is 7.38. The number of hydrogen-bond acceptors (Lipinski definition) is 1. The lowest BCUT2D eigenvalue weighted by atomic mass is 10.2. The highest BCUT2D eigenvalue weighted by atomic mass is 32.4. The molecule has 2 aliphatic heterocycles. The maximum atomic E-state index is 5.66. The average Bonchev–Trinajstić information content (AvgIpc) is 2.22. The van der Waals surface area contributed by atoms with Gasteiger partial charge < -0.3 is 0 Å². The maximum Gasteiger partial charge on any atom is -0.0118 e. The maximum absolute atomic E-state index is 5.66. The van der Waals surface area contributed by atoms with E-state index in [1.165, 1.54) is 38.0 Å². The molecule has 2 heteroatoms. The zero-order valence-corrected chi connectivity index (χ0v) is 7.39. The van der Waals surface area contributed by atoms with Crippen LogP contribution in [-0.4, -0.2) is 18.0 Å². The van der Waals surface area contributed by atoms with Gasteiger partial charge in [0.05, 0.1) is 0 Å². The van der Waals surface area contributed by atoms with Crippen LogP contribution in [0.3, 0.4) is 0 Å². The van der Waals surface area contributed by atoms with Crippen molar-refractivity contribution < 1.29 is 0 Å². The van der Waals surface area contributed by atoms with Gasteiger partial charge in [0.25, 0.3) is 0 Å². The Labute approximate surface area is 62.0 Å². The standard InChI is InChI=1S/C7H13PS/c9-8-5-1-3-7(8)4-2-6-8/h7H,1-6H2. The summed E-state index contributed by atoms with van der Waals surface area (Å²) in [5, 5.41) is 0. The van der Waals surface area contributed by atoms with Gasteiger partial charge in [-0.3, -0.25) is 0 Å². The minimum Gasteiger partial charge on any atom is -0.0972 e. The Morgan fingerprint density at radius 3 is 2.11 bits per heavy atom. The molecular formula is C7H13PS. The highest BCUT2D eigenvalue weighted by molar-refractivity contribution is 8.15. The van der Waals surface area contributed by atoms with Gasteiger partial charge in [-0.15, -0.1) is 0 Å². The van der Waals surface area contributed by atoms with Crippen LogP contribution in [-0.2, 0) is 11.8 Å². The van der Waals surface area contributed by atoms with Crippen molar-refractivity contribution in [2.24, 2.45) is 0 Å². The van der Waals surface area contributed by atoms with E-state index in [1.807, 2.05) is 0 Å². The van der Waals surface area contributed by atoms with Crippen LogP contribution in [0, 0.1) is 0 Å². The first kappa shape index (κ1) is 6.37. The number of hydrogen-bond donors (Lipinski definition) is 0.